The van der Waals surface area contributed by atoms with E-state index in [-0.39, 0.29) is 30.2 Å². The van der Waals surface area contributed by atoms with Crippen LogP contribution in [0.5, 0.6) is 5.75 Å². The summed E-state index contributed by atoms with van der Waals surface area (Å²) in [5, 5.41) is 0. The van der Waals surface area contributed by atoms with Crippen molar-refractivity contribution in [1.29, 1.82) is 0 Å². The predicted molar refractivity (Wildman–Crippen MR) is 106 cm³/mol. The van der Waals surface area contributed by atoms with Crippen molar-refractivity contribution < 1.29 is 30.7 Å². The van der Waals surface area contributed by atoms with Crippen LogP contribution in [0.15, 0.2) is 59.8 Å². The minimum Gasteiger partial charge on any atom is -0.489 e. The van der Waals surface area contributed by atoms with Crippen molar-refractivity contribution in [3.05, 3.63) is 71.8 Å². The monoisotopic (exact) mass is 452 g/mol. The van der Waals surface area contributed by atoms with Gasteiger partial charge in [-0.25, -0.2) is 12.8 Å². The molecule has 0 aliphatic carbocycles. The fourth-order valence-electron chi connectivity index (χ4n) is 3.31. The number of pyridine rings is 1. The molecule has 0 saturated heterocycles. The zero-order valence-electron chi connectivity index (χ0n) is 16.1. The summed E-state index contributed by atoms with van der Waals surface area (Å²) in [4.78, 5) is 2.85. The van der Waals surface area contributed by atoms with Crippen molar-refractivity contribution in [1.82, 2.24) is 4.98 Å². The van der Waals surface area contributed by atoms with Gasteiger partial charge < -0.3 is 4.74 Å². The highest BCUT2D eigenvalue weighted by atomic mass is 32.2. The topological polar surface area (TPSA) is 59.5 Å². The molecule has 0 bridgehead atoms. The lowest BCUT2D eigenvalue weighted by Gasteiger charge is -2.31. The van der Waals surface area contributed by atoms with Crippen LogP contribution < -0.4 is 9.04 Å². The van der Waals surface area contributed by atoms with Gasteiger partial charge in [0.1, 0.15) is 23.1 Å². The van der Waals surface area contributed by atoms with Gasteiger partial charge >= 0.3 is 6.18 Å². The molecule has 0 amide bonds. The summed E-state index contributed by atoms with van der Waals surface area (Å²) in [6.45, 7) is 1.68. The van der Waals surface area contributed by atoms with Crippen molar-refractivity contribution >= 4 is 15.7 Å². The summed E-state index contributed by atoms with van der Waals surface area (Å²) in [5.41, 5.74) is 0.434. The Kier molecular flexibility index (Phi) is 5.12. The molecule has 1 aliphatic heterocycles. The highest BCUT2D eigenvalue weighted by Gasteiger charge is 2.35. The van der Waals surface area contributed by atoms with Crippen LogP contribution in [-0.4, -0.2) is 26.6 Å². The highest BCUT2D eigenvalue weighted by Crippen LogP contribution is 2.39. The Morgan fingerprint density at radius 2 is 1.84 bits per heavy atom. The van der Waals surface area contributed by atoms with Gasteiger partial charge in [0, 0.05) is 18.0 Å². The minimum absolute atomic E-state index is 0.0107. The lowest BCUT2D eigenvalue weighted by atomic mass is 10.0. The van der Waals surface area contributed by atoms with Crippen molar-refractivity contribution in [3.8, 4) is 16.9 Å². The van der Waals surface area contributed by atoms with Gasteiger partial charge in [0.15, 0.2) is 0 Å². The Labute approximate surface area is 176 Å². The molecule has 10 heteroatoms. The van der Waals surface area contributed by atoms with Crippen LogP contribution in [0.4, 0.5) is 23.2 Å². The lowest BCUT2D eigenvalue weighted by Crippen LogP contribution is -2.38. The van der Waals surface area contributed by atoms with Gasteiger partial charge in [-0.05, 0) is 42.8 Å². The molecule has 5 nitrogen and oxygen atoms in total. The van der Waals surface area contributed by atoms with E-state index in [0.717, 1.165) is 16.1 Å². The molecule has 0 atom stereocenters. The molecule has 1 aliphatic rings. The quantitative estimate of drug-likeness (QED) is 0.536. The van der Waals surface area contributed by atoms with Crippen LogP contribution in [0.1, 0.15) is 11.1 Å². The Morgan fingerprint density at radius 3 is 2.58 bits per heavy atom. The van der Waals surface area contributed by atoms with E-state index in [4.69, 9.17) is 4.74 Å². The first-order valence-electron chi connectivity index (χ1n) is 9.16. The molecule has 0 spiro atoms. The van der Waals surface area contributed by atoms with Crippen LogP contribution in [0.3, 0.4) is 0 Å². The third kappa shape index (κ3) is 3.95. The molecule has 0 unspecified atom stereocenters. The van der Waals surface area contributed by atoms with Gasteiger partial charge in [-0.15, -0.1) is 0 Å². The summed E-state index contributed by atoms with van der Waals surface area (Å²) in [5.74, 6) is -0.259. The predicted octanol–water partition coefficient (Wildman–Crippen LogP) is 4.80. The molecular weight excluding hydrogens is 436 g/mol. The Bertz CT molecular complexity index is 1260. The van der Waals surface area contributed by atoms with Gasteiger partial charge in [0.05, 0.1) is 17.8 Å². The summed E-state index contributed by atoms with van der Waals surface area (Å²) < 4.78 is 86.3. The van der Waals surface area contributed by atoms with Crippen molar-refractivity contribution in [2.24, 2.45) is 0 Å². The number of aryl methyl sites for hydroxylation is 1. The van der Waals surface area contributed by atoms with Crippen molar-refractivity contribution in [2.45, 2.75) is 18.0 Å². The van der Waals surface area contributed by atoms with E-state index in [0.29, 0.717) is 17.8 Å². The fourth-order valence-corrected chi connectivity index (χ4v) is 4.75. The molecule has 2 heterocycles. The van der Waals surface area contributed by atoms with Crippen LogP contribution in [0.25, 0.3) is 11.1 Å². The molecule has 31 heavy (non-hydrogen) atoms. The van der Waals surface area contributed by atoms with Gasteiger partial charge in [0.2, 0.25) is 0 Å². The number of fused-ring (bicyclic) bond motifs is 1. The first-order chi connectivity index (χ1) is 14.6. The summed E-state index contributed by atoms with van der Waals surface area (Å²) >= 11 is 0. The van der Waals surface area contributed by atoms with Crippen LogP contribution >= 0.6 is 0 Å². The van der Waals surface area contributed by atoms with Crippen molar-refractivity contribution in [3.63, 3.8) is 0 Å². The number of hydrogen-bond acceptors (Lipinski definition) is 4. The van der Waals surface area contributed by atoms with Crippen molar-refractivity contribution in [2.75, 3.05) is 17.5 Å². The maximum atomic E-state index is 14.4. The van der Waals surface area contributed by atoms with Gasteiger partial charge in [-0.3, -0.25) is 9.29 Å². The van der Waals surface area contributed by atoms with E-state index >= 15 is 0 Å². The van der Waals surface area contributed by atoms with Gasteiger partial charge in [-0.1, -0.05) is 17.7 Å². The molecule has 4 rings (SSSR count). The molecule has 1 aromatic heterocycles. The number of sulfonamides is 1. The smallest absolute Gasteiger partial charge is 0.417 e. The van der Waals surface area contributed by atoms with Gasteiger partial charge in [-0.2, -0.15) is 13.2 Å². The molecule has 0 radical (unpaired) electrons. The fraction of sp³-hybridized carbons (Fsp3) is 0.190. The summed E-state index contributed by atoms with van der Waals surface area (Å²) in [6.07, 6.45) is -3.31. The number of aromatic nitrogens is 1. The maximum Gasteiger partial charge on any atom is 0.417 e. The molecular formula is C21H16F4N2O3S. The highest BCUT2D eigenvalue weighted by molar-refractivity contribution is 7.92. The SMILES string of the molecule is Cc1ccc(F)c(-c2ccc3c(c2)N(S(=O)(=O)c2cncc(C(F)(F)F)c2)CCO3)c1. The number of alkyl halides is 3. The second kappa shape index (κ2) is 7.52. The molecule has 162 valence electrons. The van der Waals surface area contributed by atoms with Crippen LogP contribution in [-0.2, 0) is 16.2 Å². The second-order valence-corrected chi connectivity index (χ2v) is 8.86. The normalized spacial score (nSPS) is 14.2. The van der Waals surface area contributed by atoms with E-state index < -0.39 is 32.5 Å². The number of hydrogen-bond donors (Lipinski definition) is 0. The van der Waals surface area contributed by atoms with Crippen LogP contribution in [0.2, 0.25) is 0 Å². The molecule has 2 aromatic carbocycles. The zero-order valence-corrected chi connectivity index (χ0v) is 17.0. The Morgan fingerprint density at radius 1 is 1.06 bits per heavy atom. The molecule has 0 fully saturated rings. The van der Waals surface area contributed by atoms with E-state index in [2.05, 4.69) is 4.98 Å². The van der Waals surface area contributed by atoms with E-state index in [9.17, 15) is 26.0 Å². The largest absolute Gasteiger partial charge is 0.489 e. The number of benzene rings is 2. The number of nitrogens with zero attached hydrogens (tertiary/aromatic N) is 2. The first-order valence-corrected chi connectivity index (χ1v) is 10.6. The number of halogens is 4. The maximum absolute atomic E-state index is 14.4. The van der Waals surface area contributed by atoms with E-state index in [1.54, 1.807) is 25.1 Å². The zero-order chi connectivity index (χ0) is 22.4. The second-order valence-electron chi connectivity index (χ2n) is 7.00. The minimum atomic E-state index is -4.74. The average molecular weight is 452 g/mol. The third-order valence-corrected chi connectivity index (χ3v) is 6.62. The Balaban J connectivity index is 1.82. The number of ether oxygens (including phenoxy) is 1. The number of rotatable bonds is 3. The number of anilines is 1. The summed E-state index contributed by atoms with van der Waals surface area (Å²) in [6, 6.07) is 9.64. The summed E-state index contributed by atoms with van der Waals surface area (Å²) in [7, 11) is -4.38. The average Bonchev–Trinajstić information content (AvgIpc) is 2.74. The Hall–Kier alpha value is -3.14. The van der Waals surface area contributed by atoms with Gasteiger partial charge in [0.25, 0.3) is 10.0 Å². The first kappa shape index (κ1) is 21.1. The third-order valence-electron chi connectivity index (χ3n) is 4.84. The lowest BCUT2D eigenvalue weighted by molar-refractivity contribution is -0.138. The van der Waals surface area contributed by atoms with Crippen LogP contribution in [0, 0.1) is 12.7 Å². The molecule has 3 aromatic rings. The van der Waals surface area contributed by atoms with E-state index in [1.807, 2.05) is 0 Å². The van der Waals surface area contributed by atoms with E-state index in [1.165, 1.54) is 18.2 Å². The standard InChI is InChI=1S/C21H16F4N2O3S/c1-13-2-4-18(22)17(8-13)14-3-5-20-19(9-14)27(6-7-30-20)31(28,29)16-10-15(11-26-12-16)21(23,24)25/h2-5,8-12H,6-7H2,1H3. The molecule has 0 N–H and O–H groups in total. The molecule has 0 saturated carbocycles.